The summed E-state index contributed by atoms with van der Waals surface area (Å²) in [6.07, 6.45) is 4.00. The van der Waals surface area contributed by atoms with Gasteiger partial charge in [-0.2, -0.15) is 0 Å². The summed E-state index contributed by atoms with van der Waals surface area (Å²) in [4.78, 5) is 4.70. The van der Waals surface area contributed by atoms with E-state index in [0.29, 0.717) is 12.1 Å². The molecule has 1 aliphatic rings. The van der Waals surface area contributed by atoms with E-state index < -0.39 is 0 Å². The molecule has 3 nitrogen and oxygen atoms in total. The van der Waals surface area contributed by atoms with Gasteiger partial charge in [0, 0.05) is 24.1 Å². The second kappa shape index (κ2) is 6.13. The van der Waals surface area contributed by atoms with Gasteiger partial charge in [-0.15, -0.1) is 0 Å². The van der Waals surface area contributed by atoms with Crippen molar-refractivity contribution in [2.24, 2.45) is 0 Å². The Balaban J connectivity index is 2.18. The van der Waals surface area contributed by atoms with E-state index >= 15 is 0 Å². The number of aromatic nitrogens is 1. The van der Waals surface area contributed by atoms with Gasteiger partial charge in [0.15, 0.2) is 0 Å². The fraction of sp³-hybridized carbons (Fsp3) is 0.706. The van der Waals surface area contributed by atoms with Crippen LogP contribution in [0.4, 0.5) is 0 Å². The zero-order valence-corrected chi connectivity index (χ0v) is 13.5. The highest BCUT2D eigenvalue weighted by atomic mass is 16.5. The van der Waals surface area contributed by atoms with Gasteiger partial charge >= 0.3 is 0 Å². The first kappa shape index (κ1) is 15.3. The molecule has 0 amide bonds. The molecule has 0 bridgehead atoms. The fourth-order valence-electron chi connectivity index (χ4n) is 2.09. The maximum atomic E-state index is 5.99. The van der Waals surface area contributed by atoms with Crippen molar-refractivity contribution < 1.29 is 4.74 Å². The van der Waals surface area contributed by atoms with Crippen LogP contribution in [0.3, 0.4) is 0 Å². The van der Waals surface area contributed by atoms with Gasteiger partial charge in [-0.1, -0.05) is 34.6 Å². The van der Waals surface area contributed by atoms with Crippen LogP contribution in [0.5, 0.6) is 5.88 Å². The molecule has 1 heterocycles. The highest BCUT2D eigenvalue weighted by molar-refractivity contribution is 5.29. The largest absolute Gasteiger partial charge is 0.474 e. The minimum Gasteiger partial charge on any atom is -0.474 e. The molecule has 1 aromatic rings. The molecule has 0 atom stereocenters. The predicted molar refractivity (Wildman–Crippen MR) is 83.2 cm³/mol. The molecule has 1 fully saturated rings. The van der Waals surface area contributed by atoms with Gasteiger partial charge < -0.3 is 10.1 Å². The van der Waals surface area contributed by atoms with E-state index in [1.54, 1.807) is 0 Å². The van der Waals surface area contributed by atoms with E-state index in [1.165, 1.54) is 24.8 Å². The zero-order valence-electron chi connectivity index (χ0n) is 13.5. The Morgan fingerprint density at radius 3 is 2.50 bits per heavy atom. The van der Waals surface area contributed by atoms with E-state index in [1.807, 2.05) is 0 Å². The Bertz CT molecular complexity index is 445. The maximum absolute atomic E-state index is 5.99. The fourth-order valence-corrected chi connectivity index (χ4v) is 2.09. The van der Waals surface area contributed by atoms with E-state index in [0.717, 1.165) is 18.1 Å². The normalized spacial score (nSPS) is 16.3. The Morgan fingerprint density at radius 2 is 2.00 bits per heavy atom. The molecule has 0 aliphatic heterocycles. The van der Waals surface area contributed by atoms with Crippen LogP contribution >= 0.6 is 0 Å². The smallest absolute Gasteiger partial charge is 0.214 e. The molecule has 3 heteroatoms. The number of nitrogens with one attached hydrogen (secondary N) is 1. The average molecular weight is 276 g/mol. The lowest BCUT2D eigenvalue weighted by molar-refractivity contribution is 0.114. The van der Waals surface area contributed by atoms with Gasteiger partial charge in [-0.3, -0.25) is 0 Å². The van der Waals surface area contributed by atoms with E-state index in [-0.39, 0.29) is 5.41 Å². The van der Waals surface area contributed by atoms with E-state index in [9.17, 15) is 0 Å². The van der Waals surface area contributed by atoms with Crippen molar-refractivity contribution in [2.45, 2.75) is 78.0 Å². The van der Waals surface area contributed by atoms with Crippen molar-refractivity contribution in [3.05, 3.63) is 23.4 Å². The van der Waals surface area contributed by atoms with Gasteiger partial charge in [0.1, 0.15) is 6.10 Å². The first-order valence-corrected chi connectivity index (χ1v) is 7.76. The molecule has 1 aromatic heterocycles. The molecule has 0 aromatic carbocycles. The predicted octanol–water partition coefficient (Wildman–Crippen LogP) is 3.81. The van der Waals surface area contributed by atoms with Gasteiger partial charge in [0.05, 0.1) is 5.69 Å². The molecule has 1 saturated carbocycles. The van der Waals surface area contributed by atoms with E-state index in [2.05, 4.69) is 52.1 Å². The molecule has 0 unspecified atom stereocenters. The second-order valence-electron chi connectivity index (χ2n) is 7.16. The van der Waals surface area contributed by atoms with Gasteiger partial charge in [-0.25, -0.2) is 4.98 Å². The third-order valence-corrected chi connectivity index (χ3v) is 3.68. The van der Waals surface area contributed by atoms with Crippen LogP contribution in [0.25, 0.3) is 0 Å². The number of hydrogen-bond donors (Lipinski definition) is 1. The van der Waals surface area contributed by atoms with Crippen molar-refractivity contribution in [1.82, 2.24) is 10.3 Å². The minimum atomic E-state index is 0.0472. The number of ether oxygens (including phenoxy) is 1. The molecular formula is C17H28N2O. The Morgan fingerprint density at radius 1 is 1.30 bits per heavy atom. The van der Waals surface area contributed by atoms with Crippen LogP contribution in [-0.2, 0) is 12.0 Å². The third-order valence-electron chi connectivity index (χ3n) is 3.68. The molecular weight excluding hydrogens is 248 g/mol. The molecule has 0 saturated heterocycles. The molecule has 2 rings (SSSR count). The average Bonchev–Trinajstić information content (AvgIpc) is 2.30. The van der Waals surface area contributed by atoms with E-state index in [4.69, 9.17) is 9.72 Å². The first-order valence-electron chi connectivity index (χ1n) is 7.76. The quantitative estimate of drug-likeness (QED) is 0.888. The number of hydrogen-bond acceptors (Lipinski definition) is 3. The van der Waals surface area contributed by atoms with Crippen molar-refractivity contribution in [1.29, 1.82) is 0 Å². The standard InChI is InChI=1S/C17H28N2O/c1-12(2)18-11-13-9-15(17(3,4)5)19-16(10-13)20-14-7-6-8-14/h9-10,12,14,18H,6-8,11H2,1-5H3. The lowest BCUT2D eigenvalue weighted by Crippen LogP contribution is -2.26. The van der Waals surface area contributed by atoms with Crippen molar-refractivity contribution in [2.75, 3.05) is 0 Å². The number of nitrogens with zero attached hydrogens (tertiary/aromatic N) is 1. The lowest BCUT2D eigenvalue weighted by Gasteiger charge is -2.27. The van der Waals surface area contributed by atoms with Crippen LogP contribution in [0.2, 0.25) is 0 Å². The van der Waals surface area contributed by atoms with Crippen molar-refractivity contribution in [3.63, 3.8) is 0 Å². The minimum absolute atomic E-state index is 0.0472. The lowest BCUT2D eigenvalue weighted by atomic mass is 9.90. The molecule has 0 radical (unpaired) electrons. The monoisotopic (exact) mass is 276 g/mol. The summed E-state index contributed by atoms with van der Waals surface area (Å²) >= 11 is 0. The van der Waals surface area contributed by atoms with Crippen LogP contribution in [0, 0.1) is 0 Å². The maximum Gasteiger partial charge on any atom is 0.214 e. The highest BCUT2D eigenvalue weighted by Gasteiger charge is 2.22. The second-order valence-corrected chi connectivity index (χ2v) is 7.16. The summed E-state index contributed by atoms with van der Waals surface area (Å²) < 4.78 is 5.99. The van der Waals surface area contributed by atoms with Crippen LogP contribution in [-0.4, -0.2) is 17.1 Å². The number of pyridine rings is 1. The first-order chi connectivity index (χ1) is 9.34. The molecule has 20 heavy (non-hydrogen) atoms. The summed E-state index contributed by atoms with van der Waals surface area (Å²) in [6.45, 7) is 11.8. The topological polar surface area (TPSA) is 34.1 Å². The molecule has 112 valence electrons. The Kier molecular flexibility index (Phi) is 4.69. The van der Waals surface area contributed by atoms with Gasteiger partial charge in [-0.05, 0) is 30.9 Å². The van der Waals surface area contributed by atoms with Crippen LogP contribution in [0.15, 0.2) is 12.1 Å². The third kappa shape index (κ3) is 4.20. The Hall–Kier alpha value is -1.09. The number of rotatable bonds is 5. The summed E-state index contributed by atoms with van der Waals surface area (Å²) in [6, 6.07) is 4.77. The molecule has 1 N–H and O–H groups in total. The summed E-state index contributed by atoms with van der Waals surface area (Å²) in [5, 5.41) is 3.47. The molecule has 1 aliphatic carbocycles. The van der Waals surface area contributed by atoms with Crippen LogP contribution in [0.1, 0.15) is 65.1 Å². The molecule has 0 spiro atoms. The van der Waals surface area contributed by atoms with Crippen LogP contribution < -0.4 is 10.1 Å². The van der Waals surface area contributed by atoms with Crippen molar-refractivity contribution in [3.8, 4) is 5.88 Å². The highest BCUT2D eigenvalue weighted by Crippen LogP contribution is 2.28. The van der Waals surface area contributed by atoms with Gasteiger partial charge in [0.2, 0.25) is 5.88 Å². The SMILES string of the molecule is CC(C)NCc1cc(OC2CCC2)nc(C(C)(C)C)c1. The summed E-state index contributed by atoms with van der Waals surface area (Å²) in [5.74, 6) is 0.794. The zero-order chi connectivity index (χ0) is 14.8. The van der Waals surface area contributed by atoms with Gasteiger partial charge in [0.25, 0.3) is 0 Å². The van der Waals surface area contributed by atoms with Crippen molar-refractivity contribution >= 4 is 0 Å². The summed E-state index contributed by atoms with van der Waals surface area (Å²) in [5.41, 5.74) is 2.41. The summed E-state index contributed by atoms with van der Waals surface area (Å²) in [7, 11) is 0. The Labute approximate surface area is 123 Å².